The molecule has 0 radical (unpaired) electrons. The third-order valence-corrected chi connectivity index (χ3v) is 7.04. The number of nitrogens with one attached hydrogen (secondary N) is 1. The van der Waals surface area contributed by atoms with Crippen LogP contribution in [0.1, 0.15) is 61.9 Å². The Balaban J connectivity index is 1.31. The predicted molar refractivity (Wildman–Crippen MR) is 167 cm³/mol. The van der Waals surface area contributed by atoms with E-state index in [1.165, 1.54) is 25.7 Å². The quantitative estimate of drug-likeness (QED) is 0.137. The zero-order chi connectivity index (χ0) is 30.4. The first-order chi connectivity index (χ1) is 21.0. The van der Waals surface area contributed by atoms with Gasteiger partial charge in [-0.3, -0.25) is 4.79 Å². The Bertz CT molecular complexity index is 1440. The van der Waals surface area contributed by atoms with Gasteiger partial charge in [-0.25, -0.2) is 14.8 Å². The number of aromatic nitrogens is 2. The van der Waals surface area contributed by atoms with Crippen LogP contribution in [0.5, 0.6) is 11.5 Å². The van der Waals surface area contributed by atoms with E-state index in [1.54, 1.807) is 36.7 Å². The number of amides is 1. The highest BCUT2D eigenvalue weighted by molar-refractivity contribution is 5.96. The minimum atomic E-state index is -1.11. The molecule has 2 N–H and O–H groups in total. The molecule has 4 aromatic rings. The first-order valence-electron chi connectivity index (χ1n) is 14.9. The van der Waals surface area contributed by atoms with Crippen molar-refractivity contribution in [3.8, 4) is 34.0 Å². The van der Waals surface area contributed by atoms with Crippen LogP contribution >= 0.6 is 0 Å². The Morgan fingerprint density at radius 2 is 1.35 bits per heavy atom. The van der Waals surface area contributed by atoms with Crippen molar-refractivity contribution in [3.05, 3.63) is 96.3 Å². The van der Waals surface area contributed by atoms with Gasteiger partial charge in [0.05, 0.1) is 13.2 Å². The number of ether oxygens (including phenoxy) is 2. The molecule has 0 fully saturated rings. The number of carbonyl (C=O) groups is 2. The Morgan fingerprint density at radius 1 is 0.744 bits per heavy atom. The highest BCUT2D eigenvalue weighted by atomic mass is 16.5. The molecule has 4 rings (SSSR count). The molecule has 0 aliphatic heterocycles. The molecule has 0 unspecified atom stereocenters. The van der Waals surface area contributed by atoms with E-state index >= 15 is 0 Å². The minimum Gasteiger partial charge on any atom is -0.494 e. The van der Waals surface area contributed by atoms with Gasteiger partial charge in [-0.2, -0.15) is 0 Å². The molecule has 0 saturated carbocycles. The van der Waals surface area contributed by atoms with Gasteiger partial charge in [0.15, 0.2) is 5.82 Å². The van der Waals surface area contributed by atoms with Gasteiger partial charge in [0.25, 0.3) is 5.91 Å². The molecule has 1 amide bonds. The number of hydrogen-bond acceptors (Lipinski definition) is 6. The summed E-state index contributed by atoms with van der Waals surface area (Å²) in [5.74, 6) is 0.509. The van der Waals surface area contributed by atoms with Crippen LogP contribution in [-0.2, 0) is 11.2 Å². The highest BCUT2D eigenvalue weighted by Gasteiger charge is 2.21. The molecule has 0 spiro atoms. The van der Waals surface area contributed by atoms with Crippen molar-refractivity contribution in [1.82, 2.24) is 15.3 Å². The Hall–Kier alpha value is -4.72. The first kappa shape index (κ1) is 31.2. The van der Waals surface area contributed by atoms with Gasteiger partial charge in [0, 0.05) is 35.5 Å². The van der Waals surface area contributed by atoms with Gasteiger partial charge >= 0.3 is 5.97 Å². The first-order valence-corrected chi connectivity index (χ1v) is 14.9. The molecule has 0 aliphatic carbocycles. The van der Waals surface area contributed by atoms with Crippen molar-refractivity contribution >= 4 is 11.9 Å². The second kappa shape index (κ2) is 16.1. The lowest BCUT2D eigenvalue weighted by atomic mass is 10.0. The molecular formula is C35H39N3O5. The Labute approximate surface area is 253 Å². The van der Waals surface area contributed by atoms with Crippen molar-refractivity contribution in [2.45, 2.75) is 58.4 Å². The molecule has 0 aliphatic rings. The standard InChI is InChI=1S/C35H39N3O5/c1-3-5-6-7-8-21-43-31-17-13-26(14-18-31)29-23-36-33(37-24-29)27-11-9-25(10-12-27)22-32(35(40)41)38-34(39)28-15-19-30(20-16-28)42-4-2/h9-20,23-24,32H,3-8,21-22H2,1-2H3,(H,38,39)(H,40,41)/t32-/m0/s1. The van der Waals surface area contributed by atoms with Crippen LogP contribution in [0.15, 0.2) is 85.2 Å². The number of carbonyl (C=O) groups excluding carboxylic acids is 1. The number of rotatable bonds is 16. The van der Waals surface area contributed by atoms with Crippen molar-refractivity contribution < 1.29 is 24.2 Å². The topological polar surface area (TPSA) is 111 Å². The van der Waals surface area contributed by atoms with Crippen LogP contribution in [-0.4, -0.2) is 46.2 Å². The summed E-state index contributed by atoms with van der Waals surface area (Å²) in [6.07, 6.45) is 9.76. The van der Waals surface area contributed by atoms with Crippen LogP contribution in [0.3, 0.4) is 0 Å². The van der Waals surface area contributed by atoms with Crippen LogP contribution in [0, 0.1) is 0 Å². The second-order valence-electron chi connectivity index (χ2n) is 10.3. The average Bonchev–Trinajstić information content (AvgIpc) is 3.03. The highest BCUT2D eigenvalue weighted by Crippen LogP contribution is 2.24. The number of carboxylic acids is 1. The van der Waals surface area contributed by atoms with E-state index in [0.29, 0.717) is 23.7 Å². The summed E-state index contributed by atoms with van der Waals surface area (Å²) < 4.78 is 11.3. The Morgan fingerprint density at radius 3 is 1.98 bits per heavy atom. The minimum absolute atomic E-state index is 0.136. The second-order valence-corrected chi connectivity index (χ2v) is 10.3. The van der Waals surface area contributed by atoms with Crippen LogP contribution in [0.2, 0.25) is 0 Å². The molecule has 0 bridgehead atoms. The fourth-order valence-electron chi connectivity index (χ4n) is 4.60. The lowest BCUT2D eigenvalue weighted by Crippen LogP contribution is -2.42. The van der Waals surface area contributed by atoms with E-state index < -0.39 is 17.9 Å². The average molecular weight is 582 g/mol. The molecule has 43 heavy (non-hydrogen) atoms. The van der Waals surface area contributed by atoms with E-state index in [0.717, 1.165) is 41.0 Å². The molecule has 8 nitrogen and oxygen atoms in total. The van der Waals surface area contributed by atoms with Gasteiger partial charge in [0.1, 0.15) is 17.5 Å². The van der Waals surface area contributed by atoms with Crippen molar-refractivity contribution in [1.29, 1.82) is 0 Å². The summed E-state index contributed by atoms with van der Waals surface area (Å²) in [6.45, 7) is 5.34. The number of carboxylic acid groups (broad SMARTS) is 1. The molecule has 8 heteroatoms. The van der Waals surface area contributed by atoms with Crippen molar-refractivity contribution in [2.24, 2.45) is 0 Å². The van der Waals surface area contributed by atoms with Gasteiger partial charge in [-0.05, 0) is 60.9 Å². The number of nitrogens with zero attached hydrogens (tertiary/aromatic N) is 2. The molecule has 1 atom stereocenters. The van der Waals surface area contributed by atoms with E-state index in [4.69, 9.17) is 9.47 Å². The maximum atomic E-state index is 12.6. The van der Waals surface area contributed by atoms with Gasteiger partial charge in [-0.1, -0.05) is 69.0 Å². The summed E-state index contributed by atoms with van der Waals surface area (Å²) in [5.41, 5.74) is 3.85. The van der Waals surface area contributed by atoms with Crippen molar-refractivity contribution in [2.75, 3.05) is 13.2 Å². The number of aliphatic carboxylic acids is 1. The normalized spacial score (nSPS) is 11.5. The van der Waals surface area contributed by atoms with Crippen molar-refractivity contribution in [3.63, 3.8) is 0 Å². The monoisotopic (exact) mass is 581 g/mol. The summed E-state index contributed by atoms with van der Waals surface area (Å²) >= 11 is 0. The van der Waals surface area contributed by atoms with Gasteiger partial charge < -0.3 is 19.9 Å². The lowest BCUT2D eigenvalue weighted by Gasteiger charge is -2.15. The largest absolute Gasteiger partial charge is 0.494 e. The number of benzene rings is 3. The SMILES string of the molecule is CCCCCCCOc1ccc(-c2cnc(-c3ccc(C[C@H](NC(=O)c4ccc(OCC)cc4)C(=O)O)cc3)nc2)cc1. The fourth-order valence-corrected chi connectivity index (χ4v) is 4.60. The molecular weight excluding hydrogens is 542 g/mol. The van der Waals surface area contributed by atoms with Gasteiger partial charge in [-0.15, -0.1) is 0 Å². The third-order valence-electron chi connectivity index (χ3n) is 7.04. The summed E-state index contributed by atoms with van der Waals surface area (Å²) in [4.78, 5) is 33.6. The molecule has 0 saturated heterocycles. The smallest absolute Gasteiger partial charge is 0.326 e. The van der Waals surface area contributed by atoms with E-state index in [1.807, 2.05) is 55.5 Å². The zero-order valence-corrected chi connectivity index (χ0v) is 24.8. The van der Waals surface area contributed by atoms with E-state index in [-0.39, 0.29) is 6.42 Å². The maximum Gasteiger partial charge on any atom is 0.326 e. The zero-order valence-electron chi connectivity index (χ0n) is 24.8. The maximum absolute atomic E-state index is 12.6. The van der Waals surface area contributed by atoms with Crippen LogP contribution in [0.25, 0.3) is 22.5 Å². The lowest BCUT2D eigenvalue weighted by molar-refractivity contribution is -0.139. The molecule has 1 aromatic heterocycles. The number of hydrogen-bond donors (Lipinski definition) is 2. The molecule has 3 aromatic carbocycles. The predicted octanol–water partition coefficient (Wildman–Crippen LogP) is 6.98. The third kappa shape index (κ3) is 9.39. The van der Waals surface area contributed by atoms with E-state index in [2.05, 4.69) is 22.2 Å². The summed E-state index contributed by atoms with van der Waals surface area (Å²) in [6, 6.07) is 20.8. The van der Waals surface area contributed by atoms with Gasteiger partial charge in [0.2, 0.25) is 0 Å². The molecule has 224 valence electrons. The van der Waals surface area contributed by atoms with Crippen LogP contribution in [0.4, 0.5) is 0 Å². The van der Waals surface area contributed by atoms with E-state index in [9.17, 15) is 14.7 Å². The van der Waals surface area contributed by atoms with Crippen LogP contribution < -0.4 is 14.8 Å². The summed E-state index contributed by atoms with van der Waals surface area (Å²) in [5, 5.41) is 12.3. The Kier molecular flexibility index (Phi) is 11.7. The summed E-state index contributed by atoms with van der Waals surface area (Å²) in [7, 11) is 0. The number of unbranched alkanes of at least 4 members (excludes halogenated alkanes) is 4. The fraction of sp³-hybridized carbons (Fsp3) is 0.314. The molecule has 1 heterocycles.